The van der Waals surface area contributed by atoms with Crippen LogP contribution in [0.3, 0.4) is 0 Å². The predicted octanol–water partition coefficient (Wildman–Crippen LogP) is 3.08. The van der Waals surface area contributed by atoms with Crippen molar-refractivity contribution in [1.29, 1.82) is 0 Å². The summed E-state index contributed by atoms with van der Waals surface area (Å²) in [5.41, 5.74) is -1.67. The Morgan fingerprint density at radius 1 is 1.31 bits per heavy atom. The number of hydrogen-bond donors (Lipinski definition) is 2. The summed E-state index contributed by atoms with van der Waals surface area (Å²) in [5.74, 6) is -0.524. The van der Waals surface area contributed by atoms with Gasteiger partial charge < -0.3 is 19.7 Å². The third kappa shape index (κ3) is 2.51. The molecule has 7 heteroatoms. The first kappa shape index (κ1) is 22.7. The Hall–Kier alpha value is -1.05. The number of aliphatic hydroxyl groups is 2. The smallest absolute Gasteiger partial charge is 0.193 e. The molecule has 5 aliphatic rings. The predicted molar refractivity (Wildman–Crippen MR) is 118 cm³/mol. The molecule has 0 radical (unpaired) electrons. The van der Waals surface area contributed by atoms with Crippen LogP contribution >= 0.6 is 11.6 Å². The van der Waals surface area contributed by atoms with Crippen LogP contribution in [0.1, 0.15) is 59.3 Å². The van der Waals surface area contributed by atoms with Gasteiger partial charge >= 0.3 is 0 Å². The summed E-state index contributed by atoms with van der Waals surface area (Å²) in [6.45, 7) is 5.44. The largest absolute Gasteiger partial charge is 0.391 e. The van der Waals surface area contributed by atoms with Crippen LogP contribution in [0, 0.1) is 22.7 Å². The fourth-order valence-electron chi connectivity index (χ4n) is 8.01. The quantitative estimate of drug-likeness (QED) is 0.621. The van der Waals surface area contributed by atoms with Gasteiger partial charge in [0.15, 0.2) is 23.5 Å². The molecule has 0 aromatic rings. The van der Waals surface area contributed by atoms with Gasteiger partial charge in [0.2, 0.25) is 0 Å². The molecule has 0 bridgehead atoms. The highest BCUT2D eigenvalue weighted by Crippen LogP contribution is 2.72. The lowest BCUT2D eigenvalue weighted by Gasteiger charge is -2.64. The molecule has 1 heterocycles. The zero-order valence-corrected chi connectivity index (χ0v) is 19.7. The number of carbonyl (C=O) groups excluding carboxylic acids is 2. The summed E-state index contributed by atoms with van der Waals surface area (Å²) >= 11 is 7.44. The molecule has 1 aliphatic heterocycles. The minimum atomic E-state index is -1.28. The summed E-state index contributed by atoms with van der Waals surface area (Å²) < 4.78 is 12.6. The van der Waals surface area contributed by atoms with E-state index in [9.17, 15) is 19.8 Å². The van der Waals surface area contributed by atoms with Gasteiger partial charge in [-0.2, -0.15) is 0 Å². The second kappa shape index (κ2) is 7.22. The van der Waals surface area contributed by atoms with E-state index in [1.54, 1.807) is 12.2 Å². The molecule has 32 heavy (non-hydrogen) atoms. The number of ether oxygens (including phenoxy) is 2. The minimum absolute atomic E-state index is 0.0177. The Balaban J connectivity index is 1.60. The summed E-state index contributed by atoms with van der Waals surface area (Å²) in [5, 5.41) is 21.6. The first-order chi connectivity index (χ1) is 15.1. The first-order valence-electron chi connectivity index (χ1n) is 11.9. The van der Waals surface area contributed by atoms with E-state index < -0.39 is 46.4 Å². The van der Waals surface area contributed by atoms with E-state index in [0.29, 0.717) is 12.8 Å². The van der Waals surface area contributed by atoms with E-state index in [1.165, 1.54) is 0 Å². The van der Waals surface area contributed by atoms with Gasteiger partial charge in [0, 0.05) is 10.8 Å². The molecule has 0 amide bonds. The van der Waals surface area contributed by atoms with Crippen molar-refractivity contribution in [2.75, 3.05) is 6.61 Å². The Morgan fingerprint density at radius 2 is 2.06 bits per heavy atom. The fourth-order valence-corrected chi connectivity index (χ4v) is 8.53. The molecule has 5 rings (SSSR count). The minimum Gasteiger partial charge on any atom is -0.391 e. The van der Waals surface area contributed by atoms with Gasteiger partial charge in [-0.05, 0) is 56.1 Å². The molecular weight excluding hydrogens is 432 g/mol. The van der Waals surface area contributed by atoms with Gasteiger partial charge in [-0.3, -0.25) is 9.59 Å². The van der Waals surface area contributed by atoms with Crippen molar-refractivity contribution in [3.63, 3.8) is 0 Å². The fraction of sp³-hybridized carbons (Fsp3) is 0.760. The highest BCUT2D eigenvalue weighted by Gasteiger charge is 2.78. The van der Waals surface area contributed by atoms with E-state index >= 15 is 0 Å². The third-order valence-corrected chi connectivity index (χ3v) is 10.4. The number of halogens is 1. The molecular formula is C25H33ClO6. The molecule has 2 N–H and O–H groups in total. The monoisotopic (exact) mass is 464 g/mol. The zero-order chi connectivity index (χ0) is 23.1. The van der Waals surface area contributed by atoms with Crippen molar-refractivity contribution >= 4 is 23.2 Å². The average Bonchev–Trinajstić information content (AvgIpc) is 3.22. The maximum atomic E-state index is 13.3. The Bertz CT molecular complexity index is 914. The van der Waals surface area contributed by atoms with Crippen molar-refractivity contribution < 1.29 is 29.3 Å². The van der Waals surface area contributed by atoms with Crippen LogP contribution in [0.5, 0.6) is 0 Å². The number of fused-ring (bicyclic) bond motifs is 7. The highest BCUT2D eigenvalue weighted by atomic mass is 35.5. The number of aliphatic hydroxyl groups excluding tert-OH is 2. The van der Waals surface area contributed by atoms with Gasteiger partial charge in [-0.15, -0.1) is 11.6 Å². The van der Waals surface area contributed by atoms with Crippen LogP contribution in [0.15, 0.2) is 23.8 Å². The molecule has 3 saturated carbocycles. The number of alkyl halides is 1. The van der Waals surface area contributed by atoms with Crippen LogP contribution in [0.2, 0.25) is 0 Å². The van der Waals surface area contributed by atoms with Crippen LogP contribution in [0.4, 0.5) is 0 Å². The van der Waals surface area contributed by atoms with E-state index in [1.807, 2.05) is 26.8 Å². The molecule has 9 atom stereocenters. The van der Waals surface area contributed by atoms with Crippen LogP contribution < -0.4 is 0 Å². The van der Waals surface area contributed by atoms with E-state index in [4.69, 9.17) is 21.1 Å². The summed E-state index contributed by atoms with van der Waals surface area (Å²) in [7, 11) is 0. The maximum absolute atomic E-state index is 13.3. The van der Waals surface area contributed by atoms with Crippen molar-refractivity contribution in [2.24, 2.45) is 22.7 Å². The molecule has 176 valence electrons. The maximum Gasteiger partial charge on any atom is 0.193 e. The number of allylic oxidation sites excluding steroid dienone is 4. The molecule has 1 saturated heterocycles. The highest BCUT2D eigenvalue weighted by molar-refractivity contribution is 6.26. The topological polar surface area (TPSA) is 93.1 Å². The average molecular weight is 465 g/mol. The second-order valence-corrected chi connectivity index (χ2v) is 11.4. The number of hydrogen-bond acceptors (Lipinski definition) is 6. The van der Waals surface area contributed by atoms with Crippen molar-refractivity contribution in [1.82, 2.24) is 0 Å². The zero-order valence-electron chi connectivity index (χ0n) is 19.0. The Labute approximate surface area is 194 Å². The van der Waals surface area contributed by atoms with Crippen LogP contribution in [0.25, 0.3) is 0 Å². The molecule has 6 nitrogen and oxygen atoms in total. The van der Waals surface area contributed by atoms with Crippen molar-refractivity contribution in [3.8, 4) is 0 Å². The third-order valence-electron chi connectivity index (χ3n) is 9.52. The molecule has 0 aromatic carbocycles. The van der Waals surface area contributed by atoms with Gasteiger partial charge in [0.05, 0.1) is 17.1 Å². The van der Waals surface area contributed by atoms with Gasteiger partial charge in [0.1, 0.15) is 6.61 Å². The Morgan fingerprint density at radius 3 is 2.75 bits per heavy atom. The van der Waals surface area contributed by atoms with E-state index in [2.05, 4.69) is 0 Å². The number of ketones is 2. The second-order valence-electron chi connectivity index (χ2n) is 10.8. The SMILES string of the molecule is CCCC1O[C@@H]2C[C@H]3[C@@H]4CCC5=CC(=O)C=C[C@]5(C)C4(Cl)[C@@H](O)C[C@]3(C)[C@]2(C(=O)CO)O1. The summed E-state index contributed by atoms with van der Waals surface area (Å²) in [6.07, 6.45) is 7.07. The number of carbonyl (C=O) groups is 2. The van der Waals surface area contributed by atoms with Gasteiger partial charge in [-0.25, -0.2) is 0 Å². The first-order valence-corrected chi connectivity index (χ1v) is 12.2. The van der Waals surface area contributed by atoms with Crippen molar-refractivity contribution in [3.05, 3.63) is 23.8 Å². The normalized spacial score (nSPS) is 51.5. The summed E-state index contributed by atoms with van der Waals surface area (Å²) in [6, 6.07) is 0. The lowest BCUT2D eigenvalue weighted by Crippen LogP contribution is -2.69. The molecule has 0 spiro atoms. The molecule has 0 aromatic heterocycles. The van der Waals surface area contributed by atoms with Crippen LogP contribution in [-0.2, 0) is 19.1 Å². The van der Waals surface area contributed by atoms with E-state index in [-0.39, 0.29) is 29.8 Å². The molecule has 2 unspecified atom stereocenters. The Kier molecular flexibility index (Phi) is 5.13. The number of Topliss-reactive ketones (excluding diaryl/α,β-unsaturated/α-hetero) is 1. The van der Waals surface area contributed by atoms with Crippen molar-refractivity contribution in [2.45, 2.75) is 88.3 Å². The molecule has 4 fully saturated rings. The lowest BCUT2D eigenvalue weighted by atomic mass is 9.45. The van der Waals surface area contributed by atoms with E-state index in [0.717, 1.165) is 24.8 Å². The summed E-state index contributed by atoms with van der Waals surface area (Å²) in [4.78, 5) is 24.3. The molecule has 4 aliphatic carbocycles. The van der Waals surface area contributed by atoms with Gasteiger partial charge in [-0.1, -0.05) is 38.8 Å². The number of rotatable bonds is 4. The lowest BCUT2D eigenvalue weighted by molar-refractivity contribution is -0.196. The standard InChI is InChI=1S/C25H33ClO6/c1-4-5-21-31-20-11-17-16-7-6-14-10-15(28)8-9-22(14,2)24(16,26)18(29)12-23(17,3)25(20,32-21)19(30)13-27/h8-10,16-18,20-21,27,29H,4-7,11-13H2,1-3H3/t16-,17-,18-,20+,21?,22-,23-,24?,25+/m0/s1. The van der Waals surface area contributed by atoms with Gasteiger partial charge in [0.25, 0.3) is 0 Å². The van der Waals surface area contributed by atoms with Crippen LogP contribution in [-0.4, -0.2) is 57.4 Å².